The van der Waals surface area contributed by atoms with E-state index in [1.807, 2.05) is 59.2 Å². The zero-order chi connectivity index (χ0) is 21.8. The Balaban J connectivity index is 1.40. The summed E-state index contributed by atoms with van der Waals surface area (Å²) < 4.78 is 5.72. The lowest BCUT2D eigenvalue weighted by atomic mass is 9.98. The third-order valence-corrected chi connectivity index (χ3v) is 7.24. The number of pyridine rings is 1. The van der Waals surface area contributed by atoms with Crippen LogP contribution < -0.4 is 0 Å². The highest BCUT2D eigenvalue weighted by Crippen LogP contribution is 2.36. The molecule has 6 nitrogen and oxygen atoms in total. The van der Waals surface area contributed by atoms with Gasteiger partial charge < -0.3 is 9.64 Å². The molecule has 2 amide bonds. The van der Waals surface area contributed by atoms with Crippen molar-refractivity contribution < 1.29 is 14.3 Å². The zero-order valence-corrected chi connectivity index (χ0v) is 18.9. The molecule has 1 aromatic heterocycles. The van der Waals surface area contributed by atoms with Crippen molar-refractivity contribution in [2.75, 3.05) is 18.8 Å². The van der Waals surface area contributed by atoms with Crippen LogP contribution in [-0.2, 0) is 4.74 Å². The van der Waals surface area contributed by atoms with Gasteiger partial charge in [0, 0.05) is 25.3 Å². The summed E-state index contributed by atoms with van der Waals surface area (Å²) in [6, 6.07) is 13.6. The van der Waals surface area contributed by atoms with E-state index in [0.29, 0.717) is 18.7 Å². The topological polar surface area (TPSA) is 62.7 Å². The Labute approximate surface area is 188 Å². The van der Waals surface area contributed by atoms with E-state index in [1.54, 1.807) is 18.0 Å². The van der Waals surface area contributed by atoms with Gasteiger partial charge in [-0.2, -0.15) is 0 Å². The molecular formula is C24H29N3O3S. The molecule has 2 saturated heterocycles. The molecule has 0 bridgehead atoms. The number of hydrogen-bond donors (Lipinski definition) is 0. The van der Waals surface area contributed by atoms with E-state index in [2.05, 4.69) is 11.9 Å². The number of cyclic esters (lactones) is 1. The van der Waals surface area contributed by atoms with Crippen molar-refractivity contribution in [2.24, 2.45) is 0 Å². The number of ether oxygens (including phenoxy) is 1. The van der Waals surface area contributed by atoms with Crippen LogP contribution in [0.5, 0.6) is 0 Å². The number of carbonyl (C=O) groups excluding carboxylic acids is 2. The fourth-order valence-corrected chi connectivity index (χ4v) is 5.28. The Morgan fingerprint density at radius 2 is 1.90 bits per heavy atom. The number of likely N-dealkylation sites (tertiary alicyclic amines) is 1. The van der Waals surface area contributed by atoms with Crippen LogP contribution in [0.1, 0.15) is 55.1 Å². The average Bonchev–Trinajstić information content (AvgIpc) is 3.12. The summed E-state index contributed by atoms with van der Waals surface area (Å²) in [7, 11) is 0. The smallest absolute Gasteiger partial charge is 0.411 e. The third-order valence-electron chi connectivity index (χ3n) is 6.03. The molecular weight excluding hydrogens is 410 g/mol. The van der Waals surface area contributed by atoms with Crippen molar-refractivity contribution in [3.05, 3.63) is 59.8 Å². The highest BCUT2D eigenvalue weighted by Gasteiger charge is 2.44. The third kappa shape index (κ3) is 4.56. The summed E-state index contributed by atoms with van der Waals surface area (Å²) >= 11 is 1.63. The quantitative estimate of drug-likeness (QED) is 0.607. The number of nitrogens with zero attached hydrogens (tertiary/aromatic N) is 3. The van der Waals surface area contributed by atoms with Crippen LogP contribution in [0.3, 0.4) is 0 Å². The van der Waals surface area contributed by atoms with Crippen LogP contribution in [0.4, 0.5) is 4.79 Å². The Bertz CT molecular complexity index is 915. The van der Waals surface area contributed by atoms with Crippen LogP contribution in [0, 0.1) is 0 Å². The number of rotatable bonds is 6. The maximum Gasteiger partial charge on any atom is 0.411 e. The van der Waals surface area contributed by atoms with Gasteiger partial charge in [-0.25, -0.2) is 9.78 Å². The largest absolute Gasteiger partial charge is 0.439 e. The molecule has 2 fully saturated rings. The first-order valence-corrected chi connectivity index (χ1v) is 12.0. The van der Waals surface area contributed by atoms with E-state index in [-0.39, 0.29) is 30.2 Å². The predicted octanol–water partition coefficient (Wildman–Crippen LogP) is 4.77. The molecule has 164 valence electrons. The minimum atomic E-state index is -0.253. The Kier molecular flexibility index (Phi) is 6.80. The molecule has 7 heteroatoms. The average molecular weight is 440 g/mol. The zero-order valence-electron chi connectivity index (χ0n) is 18.1. The summed E-state index contributed by atoms with van der Waals surface area (Å²) in [4.78, 5) is 34.0. The van der Waals surface area contributed by atoms with Crippen molar-refractivity contribution in [1.29, 1.82) is 0 Å². The first-order valence-electron chi connectivity index (χ1n) is 11.0. The van der Waals surface area contributed by atoms with Crippen LogP contribution >= 0.6 is 11.8 Å². The first-order chi connectivity index (χ1) is 15.1. The molecule has 2 atom stereocenters. The molecule has 2 aliphatic heterocycles. The van der Waals surface area contributed by atoms with Crippen LogP contribution in [0.2, 0.25) is 0 Å². The van der Waals surface area contributed by atoms with Gasteiger partial charge in [0.15, 0.2) is 0 Å². The van der Waals surface area contributed by atoms with Crippen molar-refractivity contribution in [3.63, 3.8) is 0 Å². The van der Waals surface area contributed by atoms with Crippen molar-refractivity contribution in [3.8, 4) is 0 Å². The lowest BCUT2D eigenvalue weighted by molar-refractivity contribution is 0.0636. The number of thioether (sulfide) groups is 1. The maximum atomic E-state index is 13.1. The van der Waals surface area contributed by atoms with E-state index >= 15 is 0 Å². The van der Waals surface area contributed by atoms with Gasteiger partial charge in [-0.3, -0.25) is 9.69 Å². The lowest BCUT2D eigenvalue weighted by Gasteiger charge is -2.37. The molecule has 0 saturated carbocycles. The maximum absolute atomic E-state index is 13.1. The highest BCUT2D eigenvalue weighted by molar-refractivity contribution is 7.99. The molecule has 31 heavy (non-hydrogen) atoms. The predicted molar refractivity (Wildman–Crippen MR) is 121 cm³/mol. The number of carbonyl (C=O) groups is 2. The van der Waals surface area contributed by atoms with Gasteiger partial charge in [-0.05, 0) is 49.6 Å². The molecule has 4 rings (SSSR count). The molecule has 3 heterocycles. The van der Waals surface area contributed by atoms with Gasteiger partial charge in [0.2, 0.25) is 0 Å². The van der Waals surface area contributed by atoms with Gasteiger partial charge in [0.1, 0.15) is 11.1 Å². The molecule has 0 radical (unpaired) electrons. The summed E-state index contributed by atoms with van der Waals surface area (Å²) in [5, 5.41) is 0.805. The standard InChI is InChI=1S/C24H29N3O3S/c1-3-16-31-22-20(10-7-13-25-22)23(28)26-14-11-19(12-15-26)27-17(2)21(30-24(27)29)18-8-5-4-6-9-18/h4-10,13,17,19,21H,3,11-12,14-16H2,1-2H3/t17-,21-/m1/s1. The van der Waals surface area contributed by atoms with E-state index in [4.69, 9.17) is 4.74 Å². The van der Waals surface area contributed by atoms with Crippen LogP contribution in [0.15, 0.2) is 53.7 Å². The molecule has 1 aromatic carbocycles. The minimum Gasteiger partial charge on any atom is -0.439 e. The molecule has 2 aliphatic rings. The van der Waals surface area contributed by atoms with E-state index in [0.717, 1.165) is 35.6 Å². The van der Waals surface area contributed by atoms with E-state index in [9.17, 15) is 9.59 Å². The lowest BCUT2D eigenvalue weighted by Crippen LogP contribution is -2.49. The normalized spacial score (nSPS) is 21.9. The molecule has 0 spiro atoms. The minimum absolute atomic E-state index is 0.0301. The summed E-state index contributed by atoms with van der Waals surface area (Å²) in [5.41, 5.74) is 1.70. The Morgan fingerprint density at radius 3 is 2.61 bits per heavy atom. The number of amides is 2. The molecule has 0 unspecified atom stereocenters. The summed E-state index contributed by atoms with van der Waals surface area (Å²) in [6.07, 6.45) is 3.78. The Hall–Kier alpha value is -2.54. The van der Waals surface area contributed by atoms with Crippen molar-refractivity contribution in [1.82, 2.24) is 14.8 Å². The van der Waals surface area contributed by atoms with Crippen LogP contribution in [-0.4, -0.2) is 57.7 Å². The molecule has 0 aliphatic carbocycles. The van der Waals surface area contributed by atoms with Gasteiger partial charge in [-0.15, -0.1) is 11.8 Å². The number of piperidine rings is 1. The van der Waals surface area contributed by atoms with Crippen molar-refractivity contribution >= 4 is 23.8 Å². The summed E-state index contributed by atoms with van der Waals surface area (Å²) in [5.74, 6) is 0.973. The second-order valence-corrected chi connectivity index (χ2v) is 9.17. The highest BCUT2D eigenvalue weighted by atomic mass is 32.2. The fourth-order valence-electron chi connectivity index (χ4n) is 4.44. The number of benzene rings is 1. The monoisotopic (exact) mass is 439 g/mol. The van der Waals surface area contributed by atoms with Crippen LogP contribution in [0.25, 0.3) is 0 Å². The fraction of sp³-hybridized carbons (Fsp3) is 0.458. The number of aromatic nitrogens is 1. The Morgan fingerprint density at radius 1 is 1.16 bits per heavy atom. The number of hydrogen-bond acceptors (Lipinski definition) is 5. The van der Waals surface area contributed by atoms with Gasteiger partial charge in [0.05, 0.1) is 11.6 Å². The summed E-state index contributed by atoms with van der Waals surface area (Å²) in [6.45, 7) is 5.42. The SMILES string of the molecule is CCCSc1ncccc1C(=O)N1CCC(N2C(=O)O[C@@H](c3ccccc3)[C@H]2C)CC1. The second-order valence-electron chi connectivity index (χ2n) is 8.09. The first kappa shape index (κ1) is 21.7. The second kappa shape index (κ2) is 9.73. The molecule has 2 aromatic rings. The van der Waals surface area contributed by atoms with E-state index < -0.39 is 0 Å². The molecule has 0 N–H and O–H groups in total. The van der Waals surface area contributed by atoms with Gasteiger partial charge >= 0.3 is 6.09 Å². The van der Waals surface area contributed by atoms with E-state index in [1.165, 1.54) is 0 Å². The van der Waals surface area contributed by atoms with Crippen molar-refractivity contribution in [2.45, 2.75) is 56.3 Å². The van der Waals surface area contributed by atoms with Gasteiger partial charge in [-0.1, -0.05) is 37.3 Å². The van der Waals surface area contributed by atoms with Gasteiger partial charge in [0.25, 0.3) is 5.91 Å².